The summed E-state index contributed by atoms with van der Waals surface area (Å²) in [5.41, 5.74) is -0.548. The van der Waals surface area contributed by atoms with Gasteiger partial charge in [0.05, 0.1) is 5.92 Å². The van der Waals surface area contributed by atoms with Crippen LogP contribution >= 0.6 is 0 Å². The Morgan fingerprint density at radius 2 is 2.05 bits per heavy atom. The number of ketones is 1. The second-order valence-corrected chi connectivity index (χ2v) is 6.47. The zero-order valence-corrected chi connectivity index (χ0v) is 13.9. The summed E-state index contributed by atoms with van der Waals surface area (Å²) in [6, 6.07) is 0. The van der Waals surface area contributed by atoms with Gasteiger partial charge in [0.1, 0.15) is 12.2 Å². The van der Waals surface area contributed by atoms with Crippen LogP contribution in [0.1, 0.15) is 53.4 Å². The average Bonchev–Trinajstić information content (AvgIpc) is 2.43. The lowest BCUT2D eigenvalue weighted by atomic mass is 10.0. The van der Waals surface area contributed by atoms with Crippen LogP contribution in [0.5, 0.6) is 0 Å². The fraction of sp³-hybridized carbons (Fsp3) is 0.765. The molecule has 124 valence electrons. The predicted molar refractivity (Wildman–Crippen MR) is 82.0 cm³/mol. The molecule has 0 radical (unpaired) electrons. The zero-order valence-electron chi connectivity index (χ0n) is 13.9. The van der Waals surface area contributed by atoms with Crippen molar-refractivity contribution in [3.8, 4) is 11.8 Å². The van der Waals surface area contributed by atoms with Crippen LogP contribution in [0, 0.1) is 17.8 Å². The number of carbonyl (C=O) groups is 2. The number of carbonyl (C=O) groups excluding carboxylic acids is 2. The molecule has 0 aromatic rings. The highest BCUT2D eigenvalue weighted by atomic mass is 16.7. The molecule has 1 aliphatic rings. The summed E-state index contributed by atoms with van der Waals surface area (Å²) in [6.07, 6.45) is 2.86. The molecule has 0 saturated carbocycles. The Morgan fingerprint density at radius 3 is 2.64 bits per heavy atom. The summed E-state index contributed by atoms with van der Waals surface area (Å²) in [5, 5.41) is 0. The molecular weight excluding hydrogens is 284 g/mol. The van der Waals surface area contributed by atoms with Crippen molar-refractivity contribution in [2.45, 2.75) is 65.3 Å². The van der Waals surface area contributed by atoms with Crippen LogP contribution in [-0.2, 0) is 23.8 Å². The third kappa shape index (κ3) is 8.16. The van der Waals surface area contributed by atoms with E-state index in [0.717, 1.165) is 19.3 Å². The van der Waals surface area contributed by atoms with Crippen LogP contribution in [0.2, 0.25) is 0 Å². The molecule has 1 fully saturated rings. The number of hydrogen-bond donors (Lipinski definition) is 0. The lowest BCUT2D eigenvalue weighted by Gasteiger charge is -2.21. The summed E-state index contributed by atoms with van der Waals surface area (Å²) in [7, 11) is 0. The first kappa shape index (κ1) is 18.7. The maximum atomic E-state index is 11.8. The minimum absolute atomic E-state index is 0.0574. The summed E-state index contributed by atoms with van der Waals surface area (Å²) < 4.78 is 16.0. The van der Waals surface area contributed by atoms with E-state index in [2.05, 4.69) is 11.8 Å². The first-order valence-corrected chi connectivity index (χ1v) is 7.75. The standard InChI is InChI=1S/C17H26O5/c1-13(16(19)22-17(2,3)4)12-14(18)8-7-11-21-15-9-5-6-10-20-15/h13,15H,5-6,9-12H2,1-4H3. The zero-order chi connectivity index (χ0) is 16.6. The van der Waals surface area contributed by atoms with Gasteiger partial charge in [-0.15, -0.1) is 0 Å². The highest BCUT2D eigenvalue weighted by Crippen LogP contribution is 2.14. The van der Waals surface area contributed by atoms with Gasteiger partial charge in [-0.05, 0) is 46.0 Å². The van der Waals surface area contributed by atoms with Crippen molar-refractivity contribution in [3.63, 3.8) is 0 Å². The number of rotatable bonds is 5. The van der Waals surface area contributed by atoms with Crippen LogP contribution in [0.25, 0.3) is 0 Å². The number of Topliss-reactive ketones (excluding diaryl/α,β-unsaturated/α-hetero) is 1. The van der Waals surface area contributed by atoms with E-state index in [-0.39, 0.29) is 31.1 Å². The summed E-state index contributed by atoms with van der Waals surface area (Å²) in [6.45, 7) is 7.93. The van der Waals surface area contributed by atoms with Crippen molar-refractivity contribution < 1.29 is 23.8 Å². The molecule has 5 heteroatoms. The molecule has 0 N–H and O–H groups in total. The molecule has 1 aliphatic heterocycles. The van der Waals surface area contributed by atoms with Crippen molar-refractivity contribution in [1.29, 1.82) is 0 Å². The second kappa shape index (κ2) is 8.92. The maximum absolute atomic E-state index is 11.8. The molecule has 1 heterocycles. The second-order valence-electron chi connectivity index (χ2n) is 6.47. The van der Waals surface area contributed by atoms with Gasteiger partial charge < -0.3 is 14.2 Å². The molecule has 0 spiro atoms. The first-order chi connectivity index (χ1) is 10.3. The minimum atomic E-state index is -0.548. The Kier molecular flexibility index (Phi) is 7.57. The Balaban J connectivity index is 2.27. The number of ether oxygens (including phenoxy) is 3. The van der Waals surface area contributed by atoms with Crippen LogP contribution in [0.15, 0.2) is 0 Å². The van der Waals surface area contributed by atoms with E-state index in [0.29, 0.717) is 6.61 Å². The molecule has 0 aromatic carbocycles. The average molecular weight is 310 g/mol. The Hall–Kier alpha value is -1.38. The van der Waals surface area contributed by atoms with E-state index in [1.165, 1.54) is 0 Å². The van der Waals surface area contributed by atoms with Gasteiger partial charge in [0.25, 0.3) is 0 Å². The van der Waals surface area contributed by atoms with E-state index >= 15 is 0 Å². The predicted octanol–water partition coefficient (Wildman–Crippen LogP) is 2.47. The van der Waals surface area contributed by atoms with Gasteiger partial charge in [-0.1, -0.05) is 12.8 Å². The van der Waals surface area contributed by atoms with Crippen LogP contribution in [-0.4, -0.2) is 36.9 Å². The molecule has 0 amide bonds. The smallest absolute Gasteiger partial charge is 0.309 e. The van der Waals surface area contributed by atoms with Gasteiger partial charge in [-0.2, -0.15) is 0 Å². The molecule has 1 rings (SSSR count). The molecule has 0 aliphatic carbocycles. The molecule has 2 atom stereocenters. The van der Waals surface area contributed by atoms with Gasteiger partial charge in [-0.25, -0.2) is 0 Å². The van der Waals surface area contributed by atoms with E-state index in [1.54, 1.807) is 27.7 Å². The van der Waals surface area contributed by atoms with Gasteiger partial charge >= 0.3 is 5.97 Å². The van der Waals surface area contributed by atoms with E-state index in [9.17, 15) is 9.59 Å². The summed E-state index contributed by atoms with van der Waals surface area (Å²) in [4.78, 5) is 23.5. The van der Waals surface area contributed by atoms with E-state index in [4.69, 9.17) is 14.2 Å². The topological polar surface area (TPSA) is 61.8 Å². The van der Waals surface area contributed by atoms with Gasteiger partial charge in [0, 0.05) is 13.0 Å². The molecule has 2 unspecified atom stereocenters. The molecule has 22 heavy (non-hydrogen) atoms. The third-order valence-electron chi connectivity index (χ3n) is 3.01. The SMILES string of the molecule is CC(CC(=O)C#CCOC1CCCCO1)C(=O)OC(C)(C)C. The fourth-order valence-electron chi connectivity index (χ4n) is 1.93. The van der Waals surface area contributed by atoms with Crippen molar-refractivity contribution in [1.82, 2.24) is 0 Å². The Labute approximate surface area is 132 Å². The lowest BCUT2D eigenvalue weighted by Crippen LogP contribution is -2.28. The quantitative estimate of drug-likeness (QED) is 0.443. The summed E-state index contributed by atoms with van der Waals surface area (Å²) in [5.74, 6) is 4.00. The van der Waals surface area contributed by atoms with Crippen molar-refractivity contribution >= 4 is 11.8 Å². The Morgan fingerprint density at radius 1 is 1.32 bits per heavy atom. The van der Waals surface area contributed by atoms with Gasteiger partial charge in [0.2, 0.25) is 5.78 Å². The molecule has 5 nitrogen and oxygen atoms in total. The first-order valence-electron chi connectivity index (χ1n) is 7.75. The molecule has 1 saturated heterocycles. The van der Waals surface area contributed by atoms with Gasteiger partial charge in [0.15, 0.2) is 6.29 Å². The largest absolute Gasteiger partial charge is 0.460 e. The Bertz CT molecular complexity index is 432. The fourth-order valence-corrected chi connectivity index (χ4v) is 1.93. The van der Waals surface area contributed by atoms with Gasteiger partial charge in [-0.3, -0.25) is 9.59 Å². The maximum Gasteiger partial charge on any atom is 0.309 e. The van der Waals surface area contributed by atoms with E-state index in [1.807, 2.05) is 0 Å². The van der Waals surface area contributed by atoms with Crippen molar-refractivity contribution in [3.05, 3.63) is 0 Å². The lowest BCUT2D eigenvalue weighted by molar-refractivity contribution is -0.160. The normalized spacial score (nSPS) is 19.7. The minimum Gasteiger partial charge on any atom is -0.460 e. The van der Waals surface area contributed by atoms with Crippen LogP contribution < -0.4 is 0 Å². The summed E-state index contributed by atoms with van der Waals surface area (Å²) >= 11 is 0. The number of hydrogen-bond acceptors (Lipinski definition) is 5. The van der Waals surface area contributed by atoms with Crippen molar-refractivity contribution in [2.24, 2.45) is 5.92 Å². The third-order valence-corrected chi connectivity index (χ3v) is 3.01. The van der Waals surface area contributed by atoms with Crippen molar-refractivity contribution in [2.75, 3.05) is 13.2 Å². The van der Waals surface area contributed by atoms with E-state index < -0.39 is 11.5 Å². The molecule has 0 bridgehead atoms. The highest BCUT2D eigenvalue weighted by molar-refractivity contribution is 5.97. The molecular formula is C17H26O5. The monoisotopic (exact) mass is 310 g/mol. The number of esters is 1. The van der Waals surface area contributed by atoms with Crippen LogP contribution in [0.4, 0.5) is 0 Å². The molecule has 0 aromatic heterocycles. The van der Waals surface area contributed by atoms with Crippen LogP contribution in [0.3, 0.4) is 0 Å². The highest BCUT2D eigenvalue weighted by Gasteiger charge is 2.23.